The van der Waals surface area contributed by atoms with Gasteiger partial charge in [-0.1, -0.05) is 29.8 Å². The zero-order valence-electron chi connectivity index (χ0n) is 16.3. The van der Waals surface area contributed by atoms with E-state index in [2.05, 4.69) is 0 Å². The second kappa shape index (κ2) is 7.44. The minimum atomic E-state index is -3.55. The fourth-order valence-electron chi connectivity index (χ4n) is 3.39. The van der Waals surface area contributed by atoms with Gasteiger partial charge in [0.2, 0.25) is 10.0 Å². The van der Waals surface area contributed by atoms with Crippen molar-refractivity contribution in [1.82, 2.24) is 9.21 Å². The summed E-state index contributed by atoms with van der Waals surface area (Å²) in [6.07, 6.45) is 0. The minimum Gasteiger partial charge on any atom is -0.336 e. The highest BCUT2D eigenvalue weighted by Crippen LogP contribution is 2.23. The summed E-state index contributed by atoms with van der Waals surface area (Å²) < 4.78 is 27.5. The van der Waals surface area contributed by atoms with Crippen molar-refractivity contribution >= 4 is 15.9 Å². The smallest absolute Gasteiger partial charge is 0.254 e. The molecule has 0 spiro atoms. The summed E-state index contributed by atoms with van der Waals surface area (Å²) in [7, 11) is -3.55. The molecule has 1 amide bonds. The molecule has 0 atom stereocenters. The van der Waals surface area contributed by atoms with Gasteiger partial charge in [-0.2, -0.15) is 4.31 Å². The van der Waals surface area contributed by atoms with Crippen LogP contribution in [-0.2, 0) is 10.0 Å². The lowest BCUT2D eigenvalue weighted by Crippen LogP contribution is -2.50. The van der Waals surface area contributed by atoms with E-state index >= 15 is 0 Å². The van der Waals surface area contributed by atoms with E-state index in [0.29, 0.717) is 36.6 Å². The van der Waals surface area contributed by atoms with Crippen LogP contribution in [-0.4, -0.2) is 49.7 Å². The van der Waals surface area contributed by atoms with Gasteiger partial charge in [0.25, 0.3) is 5.91 Å². The number of sulfonamides is 1. The molecule has 1 heterocycles. The van der Waals surface area contributed by atoms with E-state index in [0.717, 1.165) is 22.3 Å². The Kier molecular flexibility index (Phi) is 5.40. The Morgan fingerprint density at radius 1 is 0.815 bits per heavy atom. The Morgan fingerprint density at radius 2 is 1.37 bits per heavy atom. The number of rotatable bonds is 3. The van der Waals surface area contributed by atoms with E-state index < -0.39 is 10.0 Å². The highest BCUT2D eigenvalue weighted by Gasteiger charge is 2.31. The van der Waals surface area contributed by atoms with Gasteiger partial charge >= 0.3 is 0 Å². The Bertz CT molecular complexity index is 975. The number of aryl methyl sites for hydroxylation is 4. The van der Waals surface area contributed by atoms with Crippen LogP contribution in [0.1, 0.15) is 32.6 Å². The van der Waals surface area contributed by atoms with Gasteiger partial charge in [0.1, 0.15) is 0 Å². The minimum absolute atomic E-state index is 0.0278. The number of amides is 1. The lowest BCUT2D eigenvalue weighted by Gasteiger charge is -2.34. The van der Waals surface area contributed by atoms with Crippen molar-refractivity contribution in [1.29, 1.82) is 0 Å². The molecule has 0 saturated carbocycles. The average molecular weight is 387 g/mol. The van der Waals surface area contributed by atoms with Gasteiger partial charge in [-0.3, -0.25) is 4.79 Å². The van der Waals surface area contributed by atoms with Crippen molar-refractivity contribution in [3.63, 3.8) is 0 Å². The first-order chi connectivity index (χ1) is 12.7. The monoisotopic (exact) mass is 386 g/mol. The number of hydrogen-bond donors (Lipinski definition) is 0. The molecular weight excluding hydrogens is 360 g/mol. The van der Waals surface area contributed by atoms with Gasteiger partial charge in [0.15, 0.2) is 0 Å². The number of hydrogen-bond acceptors (Lipinski definition) is 3. The first kappa shape index (κ1) is 19.6. The van der Waals surface area contributed by atoms with Crippen LogP contribution in [0.5, 0.6) is 0 Å². The van der Waals surface area contributed by atoms with Crippen LogP contribution in [0.25, 0.3) is 0 Å². The zero-order valence-corrected chi connectivity index (χ0v) is 17.1. The highest BCUT2D eigenvalue weighted by atomic mass is 32.2. The molecule has 27 heavy (non-hydrogen) atoms. The van der Waals surface area contributed by atoms with Crippen molar-refractivity contribution in [3.8, 4) is 0 Å². The van der Waals surface area contributed by atoms with Crippen molar-refractivity contribution in [2.75, 3.05) is 26.2 Å². The first-order valence-corrected chi connectivity index (χ1v) is 10.6. The van der Waals surface area contributed by atoms with Crippen molar-refractivity contribution in [2.45, 2.75) is 32.6 Å². The molecule has 0 bridgehead atoms. The van der Waals surface area contributed by atoms with E-state index in [1.54, 1.807) is 11.0 Å². The van der Waals surface area contributed by atoms with E-state index in [1.165, 1.54) is 4.31 Å². The summed E-state index contributed by atoms with van der Waals surface area (Å²) in [6.45, 7) is 9.01. The summed E-state index contributed by atoms with van der Waals surface area (Å²) in [5.74, 6) is -0.0278. The Morgan fingerprint density at radius 3 is 2.00 bits per heavy atom. The van der Waals surface area contributed by atoms with Crippen LogP contribution in [0.4, 0.5) is 0 Å². The zero-order chi connectivity index (χ0) is 19.8. The second-order valence-corrected chi connectivity index (χ2v) is 9.19. The average Bonchev–Trinajstić information content (AvgIpc) is 2.65. The fraction of sp³-hybridized carbons (Fsp3) is 0.381. The first-order valence-electron chi connectivity index (χ1n) is 9.14. The molecule has 0 aliphatic carbocycles. The number of carbonyl (C=O) groups is 1. The van der Waals surface area contributed by atoms with E-state index in [4.69, 9.17) is 0 Å². The molecule has 0 unspecified atom stereocenters. The highest BCUT2D eigenvalue weighted by molar-refractivity contribution is 7.89. The molecule has 1 saturated heterocycles. The van der Waals surface area contributed by atoms with Crippen molar-refractivity contribution in [3.05, 3.63) is 64.2 Å². The molecule has 3 rings (SSSR count). The third-order valence-electron chi connectivity index (χ3n) is 5.11. The molecule has 144 valence electrons. The molecule has 5 nitrogen and oxygen atoms in total. The molecule has 1 aliphatic heterocycles. The lowest BCUT2D eigenvalue weighted by atomic mass is 10.0. The number of carbonyl (C=O) groups excluding carboxylic acids is 1. The van der Waals surface area contributed by atoms with Gasteiger partial charge in [-0.05, 0) is 56.5 Å². The van der Waals surface area contributed by atoms with Gasteiger partial charge in [-0.15, -0.1) is 0 Å². The van der Waals surface area contributed by atoms with Crippen molar-refractivity contribution < 1.29 is 13.2 Å². The molecule has 0 radical (unpaired) electrons. The third-order valence-corrected chi connectivity index (χ3v) is 7.15. The second-order valence-electron chi connectivity index (χ2n) is 7.28. The predicted molar refractivity (Wildman–Crippen MR) is 106 cm³/mol. The molecular formula is C21H26N2O3S. The Balaban J connectivity index is 1.76. The van der Waals surface area contributed by atoms with Gasteiger partial charge in [-0.25, -0.2) is 8.42 Å². The maximum absolute atomic E-state index is 13.0. The van der Waals surface area contributed by atoms with Gasteiger partial charge in [0, 0.05) is 31.7 Å². The number of benzene rings is 2. The normalized spacial score (nSPS) is 15.8. The predicted octanol–water partition coefficient (Wildman–Crippen LogP) is 3.07. The van der Waals surface area contributed by atoms with Crippen LogP contribution in [0, 0.1) is 27.7 Å². The third kappa shape index (κ3) is 3.92. The van der Waals surface area contributed by atoms with E-state index in [9.17, 15) is 13.2 Å². The Hall–Kier alpha value is -2.18. The maximum atomic E-state index is 13.0. The SMILES string of the molecule is Cc1ccc(C)c(C(=O)N2CCN(S(=O)(=O)c3cc(C)ccc3C)CC2)c1. The molecule has 0 aromatic heterocycles. The quantitative estimate of drug-likeness (QED) is 0.815. The molecule has 6 heteroatoms. The van der Waals surface area contributed by atoms with Crippen LogP contribution in [0.15, 0.2) is 41.3 Å². The summed E-state index contributed by atoms with van der Waals surface area (Å²) in [6, 6.07) is 11.3. The maximum Gasteiger partial charge on any atom is 0.254 e. The van der Waals surface area contributed by atoms with Crippen LogP contribution in [0.2, 0.25) is 0 Å². The van der Waals surface area contributed by atoms with Crippen LogP contribution < -0.4 is 0 Å². The van der Waals surface area contributed by atoms with E-state index in [1.807, 2.05) is 58.0 Å². The summed E-state index contributed by atoms with van der Waals surface area (Å²) >= 11 is 0. The topological polar surface area (TPSA) is 57.7 Å². The molecule has 0 N–H and O–H groups in total. The van der Waals surface area contributed by atoms with Crippen LogP contribution >= 0.6 is 0 Å². The molecule has 2 aromatic rings. The van der Waals surface area contributed by atoms with E-state index in [-0.39, 0.29) is 5.91 Å². The largest absolute Gasteiger partial charge is 0.336 e. The lowest BCUT2D eigenvalue weighted by molar-refractivity contribution is 0.0697. The number of piperazine rings is 1. The van der Waals surface area contributed by atoms with Crippen molar-refractivity contribution in [2.24, 2.45) is 0 Å². The fourth-order valence-corrected chi connectivity index (χ4v) is 5.12. The molecule has 1 fully saturated rings. The van der Waals surface area contributed by atoms with Gasteiger partial charge in [0.05, 0.1) is 4.90 Å². The van der Waals surface area contributed by atoms with Crippen LogP contribution in [0.3, 0.4) is 0 Å². The summed E-state index contributed by atoms with van der Waals surface area (Å²) in [5, 5.41) is 0. The Labute approximate surface area is 161 Å². The summed E-state index contributed by atoms with van der Waals surface area (Å²) in [4.78, 5) is 15.0. The molecule has 1 aliphatic rings. The molecule has 2 aromatic carbocycles. The standard InChI is InChI=1S/C21H26N2O3S/c1-15-5-7-17(3)19(13-15)21(24)22-9-11-23(12-10-22)27(25,26)20-14-16(2)6-8-18(20)4/h5-8,13-14H,9-12H2,1-4H3. The summed E-state index contributed by atoms with van der Waals surface area (Å²) in [5.41, 5.74) is 4.34. The number of nitrogens with zero attached hydrogens (tertiary/aromatic N) is 2. The van der Waals surface area contributed by atoms with Gasteiger partial charge < -0.3 is 4.90 Å².